The minimum atomic E-state index is -4.51. The van der Waals surface area contributed by atoms with Crippen molar-refractivity contribution in [1.82, 2.24) is 24.5 Å². The van der Waals surface area contributed by atoms with Gasteiger partial charge in [0, 0.05) is 105 Å². The van der Waals surface area contributed by atoms with E-state index < -0.39 is 61.9 Å². The average Bonchev–Trinajstić information content (AvgIpc) is 1.76. The number of esters is 5. The fraction of sp³-hybridized carbons (Fsp3) is 0.849. The first kappa shape index (κ1) is 96.9. The number of carbonyl (C=O) groups excluding carboxylic acids is 10. The molecule has 0 bridgehead atoms. The van der Waals surface area contributed by atoms with Crippen LogP contribution in [-0.4, -0.2) is 245 Å². The fourth-order valence-corrected chi connectivity index (χ4v) is 12.4. The molecule has 0 aliphatic carbocycles. The number of nitrogens with zero attached hydrogens (tertiary/aromatic N) is 5. The molecule has 608 valence electrons. The number of unbranched alkanes of at least 4 members (excludes halogenated alkanes) is 20. The van der Waals surface area contributed by atoms with Crippen LogP contribution in [0.25, 0.3) is 0 Å². The molecule has 5 atom stereocenters. The van der Waals surface area contributed by atoms with Crippen LogP contribution in [0.1, 0.15) is 247 Å². The van der Waals surface area contributed by atoms with E-state index in [2.05, 4.69) is 18.0 Å². The summed E-state index contributed by atoms with van der Waals surface area (Å²) in [5.41, 5.74) is 0. The van der Waals surface area contributed by atoms with E-state index in [1.165, 1.54) is 111 Å². The highest BCUT2D eigenvalue weighted by Gasteiger charge is 2.39. The van der Waals surface area contributed by atoms with Crippen LogP contribution in [0.3, 0.4) is 0 Å². The molecule has 0 spiro atoms. The Kier molecular flexibility index (Phi) is 53.5. The van der Waals surface area contributed by atoms with E-state index in [0.717, 1.165) is 77.2 Å². The van der Waals surface area contributed by atoms with E-state index in [-0.39, 0.29) is 137 Å². The molecule has 0 aromatic heterocycles. The van der Waals surface area contributed by atoms with Gasteiger partial charge in [-0.2, -0.15) is 16.8 Å². The van der Waals surface area contributed by atoms with Gasteiger partial charge in [0.15, 0.2) is 0 Å². The summed E-state index contributed by atoms with van der Waals surface area (Å²) in [5.74, 6) is -5.71. The van der Waals surface area contributed by atoms with E-state index in [0.29, 0.717) is 65.7 Å². The Morgan fingerprint density at radius 3 is 0.848 bits per heavy atom. The first-order valence-electron chi connectivity index (χ1n) is 38.6. The van der Waals surface area contributed by atoms with Gasteiger partial charge in [0.1, 0.15) is 0 Å². The summed E-state index contributed by atoms with van der Waals surface area (Å²) in [6.45, 7) is 17.5. The van der Waals surface area contributed by atoms with Crippen LogP contribution in [0.15, 0.2) is 0 Å². The van der Waals surface area contributed by atoms with Crippen LogP contribution in [0.5, 0.6) is 0 Å². The van der Waals surface area contributed by atoms with Gasteiger partial charge >= 0.3 is 46.2 Å². The van der Waals surface area contributed by atoms with Gasteiger partial charge in [-0.1, -0.05) is 170 Å². The van der Waals surface area contributed by atoms with E-state index >= 15 is 0 Å². The minimum Gasteiger partial charge on any atom is -0.481 e. The largest absolute Gasteiger partial charge is 0.481 e. The maximum absolute atomic E-state index is 12.1. The van der Waals surface area contributed by atoms with Crippen molar-refractivity contribution in [1.29, 1.82) is 0 Å². The summed E-state index contributed by atoms with van der Waals surface area (Å²) in [6, 6.07) is 0. The van der Waals surface area contributed by atoms with Crippen LogP contribution < -0.4 is 0 Å². The minimum absolute atomic E-state index is 0.00262. The quantitative estimate of drug-likeness (QED) is 0.0221. The Hall–Kier alpha value is -6.09. The van der Waals surface area contributed by atoms with E-state index in [9.17, 15) is 69.6 Å². The van der Waals surface area contributed by atoms with E-state index in [1.54, 1.807) is 12.0 Å². The second-order valence-electron chi connectivity index (χ2n) is 27.3. The zero-order valence-electron chi connectivity index (χ0n) is 64.1. The third-order valence-electron chi connectivity index (χ3n) is 18.1. The number of rotatable bonds is 50. The standard InChI is InChI=1S/C27H51NO3.C12H19NO5.C12H21NO4.C11H19NO7S.C11H19NO6S/c1-3-5-7-8-9-10-11-12-13-14-15-16-17-18-19-20-21-28-24-25(23-26(28)29)27(30)31-22-6-4-2;1-2-3-6-18-12(17)9-7-10(14)13(8-9)5-4-11(15)16;1-3-4-6-17-12(15)10-8-11(14)13(9-10)5-7-16-2;1-2-3-5-18-11(14)9-7-10(13)12(8-9)4-6-19-20(15,16)17;1-2-3-5-18-11(14)9-7-10(13)12(8-9)4-6-19(15,16)17/h25H,3-24H2,1-2H3;9H,2-8H2,1H3,(H,15,16);10H,3-9H2,1-2H3;9H,2-8H2,1H3,(H,15,16,17);9H,2-8H2,1H3,(H,15,16,17). The van der Waals surface area contributed by atoms with Crippen molar-refractivity contribution in [2.75, 3.05) is 125 Å². The second kappa shape index (κ2) is 58.0. The molecule has 0 radical (unpaired) electrons. The summed E-state index contributed by atoms with van der Waals surface area (Å²) in [7, 11) is -7.01. The molecular formula is C73H129N5O25S2. The van der Waals surface area contributed by atoms with Crippen molar-refractivity contribution in [3.8, 4) is 0 Å². The molecule has 5 fully saturated rings. The summed E-state index contributed by atoms with van der Waals surface area (Å²) in [6.07, 6.45) is 31.4. The maximum atomic E-state index is 12.1. The molecule has 32 heteroatoms. The number of ether oxygens (including phenoxy) is 6. The molecule has 5 saturated heterocycles. The van der Waals surface area contributed by atoms with E-state index in [1.807, 2.05) is 32.6 Å². The van der Waals surface area contributed by atoms with Crippen molar-refractivity contribution >= 4 is 85.9 Å². The van der Waals surface area contributed by atoms with Gasteiger partial charge in [0.2, 0.25) is 29.5 Å². The molecule has 5 aliphatic heterocycles. The lowest BCUT2D eigenvalue weighted by Crippen LogP contribution is -2.31. The molecule has 0 aromatic rings. The number of carboxylic acids is 1. The summed E-state index contributed by atoms with van der Waals surface area (Å²) >= 11 is 0. The number of methoxy groups -OCH3 is 1. The van der Waals surface area contributed by atoms with Crippen molar-refractivity contribution < 1.29 is 116 Å². The molecule has 0 saturated carbocycles. The Morgan fingerprint density at radius 1 is 0.343 bits per heavy atom. The number of carbonyl (C=O) groups is 11. The van der Waals surface area contributed by atoms with E-state index in [4.69, 9.17) is 42.6 Å². The third kappa shape index (κ3) is 46.7. The Morgan fingerprint density at radius 2 is 0.590 bits per heavy atom. The smallest absolute Gasteiger partial charge is 0.397 e. The third-order valence-corrected chi connectivity index (χ3v) is 19.3. The number of likely N-dealkylation sites (tertiary alicyclic amines) is 5. The van der Waals surface area contributed by atoms with Crippen LogP contribution in [0, 0.1) is 29.6 Å². The molecule has 105 heavy (non-hydrogen) atoms. The van der Waals surface area contributed by atoms with Crippen LogP contribution in [0.4, 0.5) is 0 Å². The summed E-state index contributed by atoms with van der Waals surface area (Å²) in [4.78, 5) is 135. The molecule has 5 amide bonds. The van der Waals surface area contributed by atoms with Crippen LogP contribution >= 0.6 is 0 Å². The molecule has 3 N–H and O–H groups in total. The van der Waals surface area contributed by atoms with Crippen LogP contribution in [-0.2, 0) is 106 Å². The molecule has 5 rings (SSSR count). The Bertz CT molecular complexity index is 2780. The Labute approximate surface area is 625 Å². The zero-order valence-corrected chi connectivity index (χ0v) is 65.8. The monoisotopic (exact) mass is 1540 g/mol. The Balaban J connectivity index is 0.000000669. The van der Waals surface area contributed by atoms with Crippen molar-refractivity contribution in [2.24, 2.45) is 29.6 Å². The first-order valence-corrected chi connectivity index (χ1v) is 41.6. The van der Waals surface area contributed by atoms with Gasteiger partial charge in [-0.3, -0.25) is 61.8 Å². The average molecular weight is 1540 g/mol. The lowest BCUT2D eigenvalue weighted by molar-refractivity contribution is -0.149. The lowest BCUT2D eigenvalue weighted by Gasteiger charge is -2.16. The zero-order chi connectivity index (χ0) is 78.4. The highest BCUT2D eigenvalue weighted by Crippen LogP contribution is 2.25. The molecule has 5 aliphatic rings. The molecular weight excluding hydrogens is 1410 g/mol. The van der Waals surface area contributed by atoms with Gasteiger partial charge in [0.05, 0.1) is 88.0 Å². The predicted molar refractivity (Wildman–Crippen MR) is 390 cm³/mol. The van der Waals surface area contributed by atoms with Gasteiger partial charge in [0.25, 0.3) is 10.1 Å². The maximum Gasteiger partial charge on any atom is 0.397 e. The lowest BCUT2D eigenvalue weighted by atomic mass is 10.0. The summed E-state index contributed by atoms with van der Waals surface area (Å²) in [5, 5.41) is 8.55. The van der Waals surface area contributed by atoms with Crippen LogP contribution in [0.2, 0.25) is 0 Å². The normalized spacial score (nSPS) is 18.5. The fourth-order valence-electron chi connectivity index (χ4n) is 11.7. The van der Waals surface area contributed by atoms with Crippen molar-refractivity contribution in [3.05, 3.63) is 0 Å². The molecule has 0 aromatic carbocycles. The predicted octanol–water partition coefficient (Wildman–Crippen LogP) is 8.98. The van der Waals surface area contributed by atoms with Gasteiger partial charge < -0.3 is 58.0 Å². The number of aliphatic carboxylic acids is 1. The number of amides is 5. The molecule has 5 heterocycles. The summed E-state index contributed by atoms with van der Waals surface area (Å²) < 4.78 is 93.5. The second-order valence-corrected chi connectivity index (χ2v) is 29.9. The number of hydrogen-bond acceptors (Lipinski definition) is 22. The van der Waals surface area contributed by atoms with Crippen molar-refractivity contribution in [3.63, 3.8) is 0 Å². The number of hydrogen-bond donors (Lipinski definition) is 3. The molecule has 30 nitrogen and oxygen atoms in total. The highest BCUT2D eigenvalue weighted by atomic mass is 32.3. The SMILES string of the molecule is CCCCCCCCCCCCCCCCCCN1CC(C(=O)OCCCC)CC1=O.CCCCOC(=O)C1CC(=O)N(CCC(=O)O)C1.CCCCOC(=O)C1CC(=O)N(CCOC)C1.CCCCOC(=O)C1CC(=O)N(CCOS(=O)(=O)O)C1.CCCCOC(=O)C1CC(=O)N(CCS(=O)(=O)O)C1. The highest BCUT2D eigenvalue weighted by molar-refractivity contribution is 7.85. The topological polar surface area (TPSA) is 398 Å². The van der Waals surface area contributed by atoms with Gasteiger partial charge in [-0.15, -0.1) is 0 Å². The molecule has 5 unspecified atom stereocenters. The number of carboxylic acid groups (broad SMARTS) is 1. The first-order chi connectivity index (χ1) is 50.1. The van der Waals surface area contributed by atoms with Gasteiger partial charge in [-0.25, -0.2) is 4.18 Å². The van der Waals surface area contributed by atoms with Gasteiger partial charge in [-0.05, 0) is 38.5 Å². The van der Waals surface area contributed by atoms with Crippen molar-refractivity contribution in [2.45, 2.75) is 247 Å².